The van der Waals surface area contributed by atoms with Gasteiger partial charge in [0.25, 0.3) is 0 Å². The highest BCUT2D eigenvalue weighted by molar-refractivity contribution is 5.79. The van der Waals surface area contributed by atoms with Gasteiger partial charge in [0.1, 0.15) is 12.3 Å². The highest BCUT2D eigenvalue weighted by Gasteiger charge is 2.31. The number of methoxy groups -OCH3 is 1. The zero-order chi connectivity index (χ0) is 29.1. The maximum Gasteiger partial charge on any atom is 0.416 e. The van der Waals surface area contributed by atoms with Crippen LogP contribution in [0.1, 0.15) is 36.2 Å². The Morgan fingerprint density at radius 1 is 0.975 bits per heavy atom. The first-order valence-electron chi connectivity index (χ1n) is 12.7. The average Bonchev–Trinajstić information content (AvgIpc) is 2.93. The van der Waals surface area contributed by atoms with Crippen LogP contribution in [0.15, 0.2) is 60.8 Å². The van der Waals surface area contributed by atoms with Crippen molar-refractivity contribution in [1.82, 2.24) is 9.88 Å². The summed E-state index contributed by atoms with van der Waals surface area (Å²) in [5.41, 5.74) is 1.60. The first-order valence-corrected chi connectivity index (χ1v) is 12.7. The normalized spacial score (nSPS) is 11.1. The second-order valence-electron chi connectivity index (χ2n) is 8.65. The largest absolute Gasteiger partial charge is 0.493 e. The van der Waals surface area contributed by atoms with E-state index in [2.05, 4.69) is 11.9 Å². The van der Waals surface area contributed by atoms with Gasteiger partial charge in [-0.25, -0.2) is 4.79 Å². The van der Waals surface area contributed by atoms with Crippen molar-refractivity contribution in [3.8, 4) is 17.2 Å². The third-order valence-corrected chi connectivity index (χ3v) is 5.76. The third-order valence-electron chi connectivity index (χ3n) is 5.76. The number of halogens is 3. The Bertz CT molecular complexity index is 1280. The second-order valence-corrected chi connectivity index (χ2v) is 8.65. The molecule has 0 radical (unpaired) electrons. The van der Waals surface area contributed by atoms with Crippen molar-refractivity contribution in [2.24, 2.45) is 0 Å². The monoisotopic (exact) mass is 560 g/mol. The molecule has 2 aromatic carbocycles. The molecule has 1 heterocycles. The highest BCUT2D eigenvalue weighted by Crippen LogP contribution is 2.32. The molecule has 0 saturated carbocycles. The number of aromatic nitrogens is 1. The minimum atomic E-state index is -4.61. The Morgan fingerprint density at radius 3 is 2.40 bits per heavy atom. The van der Waals surface area contributed by atoms with Crippen LogP contribution in [0, 0.1) is 0 Å². The molecule has 214 valence electrons. The molecule has 0 bridgehead atoms. The first-order chi connectivity index (χ1) is 19.1. The third kappa shape index (κ3) is 8.89. The molecular weight excluding hydrogens is 529 g/mol. The summed E-state index contributed by atoms with van der Waals surface area (Å²) in [6.45, 7) is 3.47. The minimum absolute atomic E-state index is 0.0892. The van der Waals surface area contributed by atoms with E-state index in [4.69, 9.17) is 18.9 Å². The standard InChI is InChI=1S/C29H31F3N2O6/c1-4-20-9-11-23(33-17-20)13-14-39-26-15-21(10-12-25(26)37-3)18-34(19-27(35)38-5-2)28(36)40-24-8-6-7-22(16-24)29(30,31)32/h6-12,15-17H,4-5,13-14,18-19H2,1-3H3. The van der Waals surface area contributed by atoms with E-state index < -0.39 is 30.3 Å². The van der Waals surface area contributed by atoms with Gasteiger partial charge < -0.3 is 18.9 Å². The Morgan fingerprint density at radius 2 is 1.75 bits per heavy atom. The summed E-state index contributed by atoms with van der Waals surface area (Å²) in [6, 6.07) is 12.9. The second kappa shape index (κ2) is 14.2. The fraction of sp³-hybridized carbons (Fsp3) is 0.345. The maximum atomic E-state index is 13.1. The summed E-state index contributed by atoms with van der Waals surface area (Å²) in [5.74, 6) is -0.142. The van der Waals surface area contributed by atoms with Crippen LogP contribution >= 0.6 is 0 Å². The molecule has 0 N–H and O–H groups in total. The van der Waals surface area contributed by atoms with Gasteiger partial charge in [0.05, 0.1) is 25.9 Å². The summed E-state index contributed by atoms with van der Waals surface area (Å²) in [4.78, 5) is 30.6. The SMILES string of the molecule is CCOC(=O)CN(Cc1ccc(OC)c(OCCc2ccc(CC)cn2)c1)C(=O)Oc1cccc(C(F)(F)F)c1. The fourth-order valence-corrected chi connectivity index (χ4v) is 3.68. The smallest absolute Gasteiger partial charge is 0.416 e. The van der Waals surface area contributed by atoms with Crippen LogP contribution in [0.3, 0.4) is 0 Å². The fourth-order valence-electron chi connectivity index (χ4n) is 3.68. The average molecular weight is 561 g/mol. The molecule has 3 aromatic rings. The van der Waals surface area contributed by atoms with Crippen LogP contribution in [0.5, 0.6) is 17.2 Å². The molecule has 0 aliphatic carbocycles. The Hall–Kier alpha value is -4.28. The number of hydrogen-bond acceptors (Lipinski definition) is 7. The van der Waals surface area contributed by atoms with Crippen molar-refractivity contribution >= 4 is 12.1 Å². The number of rotatable bonds is 12. The van der Waals surface area contributed by atoms with Gasteiger partial charge in [0.2, 0.25) is 0 Å². The molecule has 0 fully saturated rings. The van der Waals surface area contributed by atoms with E-state index in [1.54, 1.807) is 25.1 Å². The molecule has 11 heteroatoms. The molecule has 0 spiro atoms. The molecular formula is C29H31F3N2O6. The van der Waals surface area contributed by atoms with Gasteiger partial charge in [0.15, 0.2) is 11.5 Å². The topological polar surface area (TPSA) is 87.2 Å². The maximum absolute atomic E-state index is 13.1. The van der Waals surface area contributed by atoms with Crippen LogP contribution in [-0.4, -0.2) is 48.8 Å². The molecule has 0 aliphatic heterocycles. The molecule has 0 unspecified atom stereocenters. The molecule has 1 aromatic heterocycles. The summed E-state index contributed by atoms with van der Waals surface area (Å²) < 4.78 is 60.7. The van der Waals surface area contributed by atoms with E-state index in [0.717, 1.165) is 34.7 Å². The van der Waals surface area contributed by atoms with E-state index in [1.165, 1.54) is 13.2 Å². The number of esters is 1. The van der Waals surface area contributed by atoms with E-state index in [1.807, 2.05) is 18.3 Å². The Labute approximate surface area is 230 Å². The number of pyridine rings is 1. The van der Waals surface area contributed by atoms with Crippen LogP contribution in [0.2, 0.25) is 0 Å². The lowest BCUT2D eigenvalue weighted by Gasteiger charge is -2.22. The quantitative estimate of drug-likeness (QED) is 0.257. The Balaban J connectivity index is 1.75. The van der Waals surface area contributed by atoms with E-state index in [-0.39, 0.29) is 18.9 Å². The van der Waals surface area contributed by atoms with Crippen LogP contribution in [-0.2, 0) is 35.1 Å². The number of ether oxygens (including phenoxy) is 4. The van der Waals surface area contributed by atoms with Crippen LogP contribution in [0.25, 0.3) is 0 Å². The van der Waals surface area contributed by atoms with Crippen molar-refractivity contribution < 1.29 is 41.7 Å². The van der Waals surface area contributed by atoms with Crippen molar-refractivity contribution in [1.29, 1.82) is 0 Å². The molecule has 3 rings (SSSR count). The lowest BCUT2D eigenvalue weighted by Crippen LogP contribution is -2.38. The van der Waals surface area contributed by atoms with E-state index >= 15 is 0 Å². The van der Waals surface area contributed by atoms with Gasteiger partial charge in [0, 0.05) is 24.9 Å². The molecule has 8 nitrogen and oxygen atoms in total. The molecule has 1 amide bonds. The zero-order valence-electron chi connectivity index (χ0n) is 22.5. The summed E-state index contributed by atoms with van der Waals surface area (Å²) in [7, 11) is 1.49. The predicted molar refractivity (Wildman–Crippen MR) is 140 cm³/mol. The highest BCUT2D eigenvalue weighted by atomic mass is 19.4. The van der Waals surface area contributed by atoms with Gasteiger partial charge in [-0.05, 0) is 60.9 Å². The Kier molecular flexibility index (Phi) is 10.7. The number of benzene rings is 2. The number of amides is 1. The minimum Gasteiger partial charge on any atom is -0.493 e. The number of nitrogens with zero attached hydrogens (tertiary/aromatic N) is 2. The summed E-state index contributed by atoms with van der Waals surface area (Å²) in [6.07, 6.45) is -2.36. The zero-order valence-corrected chi connectivity index (χ0v) is 22.5. The van der Waals surface area contributed by atoms with Gasteiger partial charge in [-0.15, -0.1) is 0 Å². The first kappa shape index (κ1) is 30.3. The number of hydrogen-bond donors (Lipinski definition) is 0. The van der Waals surface area contributed by atoms with Gasteiger partial charge >= 0.3 is 18.2 Å². The van der Waals surface area contributed by atoms with Crippen molar-refractivity contribution in [3.63, 3.8) is 0 Å². The molecule has 0 saturated heterocycles. The molecule has 40 heavy (non-hydrogen) atoms. The lowest BCUT2D eigenvalue weighted by molar-refractivity contribution is -0.144. The summed E-state index contributed by atoms with van der Waals surface area (Å²) >= 11 is 0. The van der Waals surface area contributed by atoms with Gasteiger partial charge in [-0.2, -0.15) is 13.2 Å². The summed E-state index contributed by atoms with van der Waals surface area (Å²) in [5, 5.41) is 0. The van der Waals surface area contributed by atoms with Crippen molar-refractivity contribution in [2.75, 3.05) is 26.9 Å². The number of carbonyl (C=O) groups excluding carboxylic acids is 2. The molecule has 0 atom stereocenters. The van der Waals surface area contributed by atoms with Crippen LogP contribution in [0.4, 0.5) is 18.0 Å². The number of aryl methyl sites for hydroxylation is 1. The van der Waals surface area contributed by atoms with Gasteiger partial charge in [-0.1, -0.05) is 25.1 Å². The lowest BCUT2D eigenvalue weighted by atomic mass is 10.2. The number of alkyl halides is 3. The van der Waals surface area contributed by atoms with E-state index in [0.29, 0.717) is 36.2 Å². The van der Waals surface area contributed by atoms with Crippen LogP contribution < -0.4 is 14.2 Å². The van der Waals surface area contributed by atoms with Crippen molar-refractivity contribution in [2.45, 2.75) is 39.4 Å². The molecule has 0 aliphatic rings. The van der Waals surface area contributed by atoms with E-state index in [9.17, 15) is 22.8 Å². The predicted octanol–water partition coefficient (Wildman–Crippen LogP) is 5.86. The number of carbonyl (C=O) groups is 2. The van der Waals surface area contributed by atoms with Crippen molar-refractivity contribution in [3.05, 3.63) is 83.2 Å². The van der Waals surface area contributed by atoms with Gasteiger partial charge in [-0.3, -0.25) is 14.7 Å².